The zero-order valence-electron chi connectivity index (χ0n) is 41.1. The molecule has 0 saturated heterocycles. The third kappa shape index (κ3) is 13.1. The van der Waals surface area contributed by atoms with Crippen molar-refractivity contribution in [3.63, 3.8) is 0 Å². The van der Waals surface area contributed by atoms with Crippen LogP contribution < -0.4 is 67.5 Å². The van der Waals surface area contributed by atoms with Crippen molar-refractivity contribution in [3.05, 3.63) is 301 Å². The minimum Gasteiger partial charge on any atom is -0.405 e. The van der Waals surface area contributed by atoms with Crippen molar-refractivity contribution in [2.24, 2.45) is 0 Å². The second kappa shape index (κ2) is 23.6. The second-order valence-corrected chi connectivity index (χ2v) is 18.1. The van der Waals surface area contributed by atoms with Crippen LogP contribution in [0.1, 0.15) is 44.5 Å². The molecule has 0 amide bonds. The first-order chi connectivity index (χ1) is 38.8. The first kappa shape index (κ1) is 54.6. The Bertz CT molecular complexity index is 5100. The van der Waals surface area contributed by atoms with Crippen LogP contribution in [0.15, 0.2) is 195 Å². The standard InChI is InChI=1S/2C14H9FN2O4.C14H10N2O4.C12H8N2O4S/c15-9-3-1-2-7(5-9)4-8-6-10(18)21-13-11(8)12(19)16-14(20)17-13;15-9-4-2-1-3-7(9)5-8-6-10(18)21-13-11(8)12(19)16-14(20)17-13;17-10-7-9(6-8-4-2-1-3-5-8)11-12(18)15-14(19)16-13(11)20-10;15-8-4-7(3-6-1-2-19-5-6)9-10(16)13-12(17)14-11(9)18-8/h1-3,5-6H,4H2,(H2,16,17,19,20);1-4,6H,5H2,(H2,16,17,19,20);1-5,7H,6H2,(H2,15,16,18,19);1-2,4-5H,3H2,(H2,13,14,16,17). The Morgan fingerprint density at radius 3 is 1.11 bits per heavy atom. The number of hydrogen-bond donors (Lipinski definition) is 8. The molecule has 0 aliphatic rings. The molecule has 9 heterocycles. The maximum atomic E-state index is 13.7. The van der Waals surface area contributed by atoms with Gasteiger partial charge in [-0.3, -0.25) is 59.0 Å². The highest BCUT2D eigenvalue weighted by Gasteiger charge is 2.16. The highest BCUT2D eigenvalue weighted by atomic mass is 32.1. The summed E-state index contributed by atoms with van der Waals surface area (Å²) < 4.78 is 46.2. The molecule has 9 aromatic heterocycles. The summed E-state index contributed by atoms with van der Waals surface area (Å²) in [6, 6.07) is 27.9. The van der Waals surface area contributed by atoms with E-state index in [0.717, 1.165) is 23.3 Å². The van der Waals surface area contributed by atoms with E-state index < -0.39 is 79.1 Å². The normalized spacial score (nSPS) is 10.9. The minimum atomic E-state index is -0.779. The summed E-state index contributed by atoms with van der Waals surface area (Å²) in [4.78, 5) is 156. The second-order valence-electron chi connectivity index (χ2n) is 17.4. The molecule has 27 heteroatoms. The van der Waals surface area contributed by atoms with E-state index in [1.807, 2.05) is 47.2 Å². The van der Waals surface area contributed by atoms with Gasteiger partial charge in [-0.15, -0.1) is 0 Å². The summed E-state index contributed by atoms with van der Waals surface area (Å²) >= 11 is 1.53. The molecule has 0 atom stereocenters. The van der Waals surface area contributed by atoms with Gasteiger partial charge in [0, 0.05) is 30.7 Å². The van der Waals surface area contributed by atoms with Gasteiger partial charge in [0.25, 0.3) is 22.2 Å². The predicted molar refractivity (Wildman–Crippen MR) is 290 cm³/mol. The van der Waals surface area contributed by atoms with E-state index in [1.54, 1.807) is 24.3 Å². The van der Waals surface area contributed by atoms with Gasteiger partial charge in [0.15, 0.2) is 0 Å². The number of aromatic amines is 8. The predicted octanol–water partition coefficient (Wildman–Crippen LogP) is 3.38. The van der Waals surface area contributed by atoms with E-state index in [2.05, 4.69) is 39.9 Å². The smallest absolute Gasteiger partial charge is 0.337 e. The van der Waals surface area contributed by atoms with Crippen molar-refractivity contribution in [1.82, 2.24) is 39.9 Å². The molecule has 0 saturated carbocycles. The Hall–Kier alpha value is -11.2. The maximum absolute atomic E-state index is 13.7. The van der Waals surface area contributed by atoms with Crippen LogP contribution in [0.25, 0.3) is 44.4 Å². The van der Waals surface area contributed by atoms with Gasteiger partial charge in [-0.2, -0.15) is 11.3 Å². The number of rotatable bonds is 8. The fraction of sp³-hybridized carbons (Fsp3) is 0.0741. The third-order valence-electron chi connectivity index (χ3n) is 11.7. The van der Waals surface area contributed by atoms with Crippen molar-refractivity contribution in [2.45, 2.75) is 25.7 Å². The highest BCUT2D eigenvalue weighted by molar-refractivity contribution is 7.07. The van der Waals surface area contributed by atoms with Gasteiger partial charge < -0.3 is 17.7 Å². The van der Waals surface area contributed by atoms with Crippen LogP contribution in [0.3, 0.4) is 0 Å². The van der Waals surface area contributed by atoms with Crippen molar-refractivity contribution in [3.8, 4) is 0 Å². The molecule has 0 radical (unpaired) electrons. The van der Waals surface area contributed by atoms with Gasteiger partial charge in [0.05, 0.1) is 0 Å². The van der Waals surface area contributed by atoms with E-state index in [0.29, 0.717) is 40.7 Å². The Morgan fingerprint density at radius 2 is 0.716 bits per heavy atom. The molecular weight excluding hydrogens is 1090 g/mol. The van der Waals surface area contributed by atoms with Crippen molar-refractivity contribution in [2.75, 3.05) is 0 Å². The number of H-pyrrole nitrogens is 8. The largest absolute Gasteiger partial charge is 0.405 e. The fourth-order valence-corrected chi connectivity index (χ4v) is 9.08. The van der Waals surface area contributed by atoms with Crippen molar-refractivity contribution in [1.29, 1.82) is 0 Å². The molecule has 12 aromatic rings. The molecule has 3 aromatic carbocycles. The molecule has 0 spiro atoms. The summed E-state index contributed by atoms with van der Waals surface area (Å²) in [5.41, 5.74) is -4.14. The van der Waals surface area contributed by atoms with Gasteiger partial charge in [0.1, 0.15) is 33.2 Å². The number of aromatic nitrogens is 8. The van der Waals surface area contributed by atoms with Crippen LogP contribution in [-0.4, -0.2) is 39.9 Å². The van der Waals surface area contributed by atoms with Gasteiger partial charge in [-0.05, 0) is 98.8 Å². The summed E-state index contributed by atoms with van der Waals surface area (Å²) in [5, 5.41) is 4.32. The molecule has 0 aliphatic heterocycles. The molecule has 0 bridgehead atoms. The lowest BCUT2D eigenvalue weighted by molar-refractivity contribution is 0.544. The summed E-state index contributed by atoms with van der Waals surface area (Å²) in [6.45, 7) is 0. The summed E-state index contributed by atoms with van der Waals surface area (Å²) in [7, 11) is 0. The summed E-state index contributed by atoms with van der Waals surface area (Å²) in [6.07, 6.45) is 1.03. The Morgan fingerprint density at radius 1 is 0.346 bits per heavy atom. The van der Waals surface area contributed by atoms with Crippen molar-refractivity contribution < 1.29 is 26.4 Å². The molecular formula is C54H36F2N8O16S. The Kier molecular flexibility index (Phi) is 15.9. The van der Waals surface area contributed by atoms with Gasteiger partial charge >= 0.3 is 45.3 Å². The number of thiophene rings is 1. The minimum absolute atomic E-state index is 0.0254. The third-order valence-corrected chi connectivity index (χ3v) is 12.5. The number of halogens is 2. The van der Waals surface area contributed by atoms with E-state index >= 15 is 0 Å². The lowest BCUT2D eigenvalue weighted by Crippen LogP contribution is -2.24. The molecule has 0 aliphatic carbocycles. The monoisotopic (exact) mass is 1120 g/mol. The first-order valence-electron chi connectivity index (χ1n) is 23.5. The number of nitrogens with one attached hydrogen (secondary N) is 8. The molecule has 81 heavy (non-hydrogen) atoms. The molecule has 0 unspecified atom stereocenters. The van der Waals surface area contributed by atoms with Gasteiger partial charge in [-0.1, -0.05) is 60.7 Å². The average molecular weight is 1120 g/mol. The van der Waals surface area contributed by atoms with Crippen LogP contribution in [0.4, 0.5) is 8.78 Å². The van der Waals surface area contributed by atoms with E-state index in [4.69, 9.17) is 17.7 Å². The SMILES string of the molecule is O=c1[nH]c(=O)c2c(Cc3cccc(F)c3)cc(=O)oc2[nH]1.O=c1[nH]c(=O)c2c(Cc3ccccc3)cc(=O)oc2[nH]1.O=c1[nH]c(=O)c2c(Cc3ccccc3F)cc(=O)oc2[nH]1.O=c1[nH]c(=O)c2c(Cc3ccsc3)cc(=O)oc2[nH]1. The lowest BCUT2D eigenvalue weighted by atomic mass is 10.0. The molecule has 0 fully saturated rings. The first-order valence-corrected chi connectivity index (χ1v) is 24.5. The highest BCUT2D eigenvalue weighted by Crippen LogP contribution is 2.19. The molecule has 408 valence electrons. The topological polar surface area (TPSA) is 384 Å². The number of benzene rings is 3. The number of fused-ring (bicyclic) bond motifs is 4. The van der Waals surface area contributed by atoms with E-state index in [1.165, 1.54) is 47.7 Å². The van der Waals surface area contributed by atoms with Gasteiger partial charge in [0.2, 0.25) is 22.9 Å². The van der Waals surface area contributed by atoms with Gasteiger partial charge in [-0.25, -0.2) is 47.1 Å². The van der Waals surface area contributed by atoms with Crippen LogP contribution in [0.2, 0.25) is 0 Å². The summed E-state index contributed by atoms with van der Waals surface area (Å²) in [5.74, 6) is -0.859. The maximum Gasteiger partial charge on any atom is 0.337 e. The molecule has 12 rings (SSSR count). The zero-order chi connectivity index (χ0) is 57.5. The van der Waals surface area contributed by atoms with Crippen LogP contribution in [0, 0.1) is 11.6 Å². The van der Waals surface area contributed by atoms with Crippen LogP contribution in [0.5, 0.6) is 0 Å². The van der Waals surface area contributed by atoms with Crippen LogP contribution >= 0.6 is 11.3 Å². The zero-order valence-corrected chi connectivity index (χ0v) is 41.9. The molecule has 8 N–H and O–H groups in total. The quantitative estimate of drug-likeness (QED) is 0.108. The Balaban J connectivity index is 0.000000130. The molecule has 24 nitrogen and oxygen atoms in total. The van der Waals surface area contributed by atoms with Crippen LogP contribution in [-0.2, 0) is 25.7 Å². The fourth-order valence-electron chi connectivity index (χ4n) is 8.41. The van der Waals surface area contributed by atoms with E-state index in [-0.39, 0.29) is 62.8 Å². The Labute approximate surface area is 447 Å². The number of hydrogen-bond acceptors (Lipinski definition) is 17. The average Bonchev–Trinajstić information content (AvgIpc) is 4.06. The van der Waals surface area contributed by atoms with E-state index in [9.17, 15) is 66.3 Å². The lowest BCUT2D eigenvalue weighted by Gasteiger charge is -2.05. The van der Waals surface area contributed by atoms with Crippen molar-refractivity contribution >= 4 is 55.7 Å².